The second-order valence-corrected chi connectivity index (χ2v) is 5.25. The number of hydrazine groups is 1. The van der Waals surface area contributed by atoms with Gasteiger partial charge in [0.2, 0.25) is 0 Å². The van der Waals surface area contributed by atoms with Crippen molar-refractivity contribution in [3.63, 3.8) is 0 Å². The Morgan fingerprint density at radius 2 is 2.09 bits per heavy atom. The molecular formula is C15H18N6O. The normalized spacial score (nSPS) is 15.5. The highest BCUT2D eigenvalue weighted by molar-refractivity contribution is 5.96. The Hall–Kier alpha value is -2.51. The van der Waals surface area contributed by atoms with Crippen molar-refractivity contribution in [1.29, 1.82) is 0 Å². The molecule has 1 amide bonds. The standard InChI is InChI=1S/C15H18N6O/c1-20-9-7-11(8-10-20)14-13(15(22)17-16)18-19-21(14)12-5-3-2-4-6-12/h2-7H,8-10,16H2,1H3,(H,17,22). The molecule has 1 aromatic carbocycles. The first-order chi connectivity index (χ1) is 10.7. The van der Waals surface area contributed by atoms with Crippen LogP contribution in [0.1, 0.15) is 22.6 Å². The molecule has 0 saturated heterocycles. The number of rotatable bonds is 3. The topological polar surface area (TPSA) is 89.1 Å². The number of benzene rings is 1. The van der Waals surface area contributed by atoms with Gasteiger partial charge in [0.1, 0.15) is 5.69 Å². The van der Waals surface area contributed by atoms with E-state index in [1.54, 1.807) is 4.68 Å². The number of amides is 1. The van der Waals surface area contributed by atoms with Crippen molar-refractivity contribution in [1.82, 2.24) is 25.3 Å². The summed E-state index contributed by atoms with van der Waals surface area (Å²) in [6.07, 6.45) is 2.94. The van der Waals surface area contributed by atoms with Crippen LogP contribution in [0.4, 0.5) is 0 Å². The average molecular weight is 298 g/mol. The molecule has 0 unspecified atom stereocenters. The Morgan fingerprint density at radius 3 is 2.73 bits per heavy atom. The van der Waals surface area contributed by atoms with Crippen LogP contribution in [0.25, 0.3) is 11.3 Å². The van der Waals surface area contributed by atoms with Gasteiger partial charge in [0, 0.05) is 13.1 Å². The summed E-state index contributed by atoms with van der Waals surface area (Å²) < 4.78 is 1.70. The van der Waals surface area contributed by atoms with E-state index < -0.39 is 5.91 Å². The molecule has 7 nitrogen and oxygen atoms in total. The molecule has 1 aliphatic rings. The minimum atomic E-state index is -0.433. The first kappa shape index (κ1) is 14.4. The van der Waals surface area contributed by atoms with E-state index in [0.29, 0.717) is 5.69 Å². The summed E-state index contributed by atoms with van der Waals surface area (Å²) in [5.74, 6) is 4.83. The van der Waals surface area contributed by atoms with Crippen molar-refractivity contribution in [2.45, 2.75) is 6.42 Å². The van der Waals surface area contributed by atoms with Crippen molar-refractivity contribution in [3.8, 4) is 5.69 Å². The monoisotopic (exact) mass is 298 g/mol. The SMILES string of the molecule is CN1CC=C(c2c(C(=O)NN)nnn2-c2ccccc2)CC1. The van der Waals surface area contributed by atoms with Crippen LogP contribution in [0.15, 0.2) is 36.4 Å². The molecule has 7 heteroatoms. The lowest BCUT2D eigenvalue weighted by Gasteiger charge is -2.22. The van der Waals surface area contributed by atoms with E-state index in [9.17, 15) is 4.79 Å². The van der Waals surface area contributed by atoms with Crippen LogP contribution in [-0.4, -0.2) is 45.9 Å². The van der Waals surface area contributed by atoms with E-state index in [0.717, 1.165) is 30.8 Å². The molecule has 0 radical (unpaired) electrons. The third kappa shape index (κ3) is 2.63. The van der Waals surface area contributed by atoms with E-state index >= 15 is 0 Å². The molecule has 1 aliphatic heterocycles. The molecule has 0 bridgehead atoms. The number of carbonyl (C=O) groups is 1. The highest BCUT2D eigenvalue weighted by Gasteiger charge is 2.24. The zero-order chi connectivity index (χ0) is 15.5. The molecule has 3 N–H and O–H groups in total. The minimum absolute atomic E-state index is 0.252. The fraction of sp³-hybridized carbons (Fsp3) is 0.267. The van der Waals surface area contributed by atoms with E-state index in [1.807, 2.05) is 30.3 Å². The lowest BCUT2D eigenvalue weighted by atomic mass is 10.0. The molecular weight excluding hydrogens is 280 g/mol. The van der Waals surface area contributed by atoms with Gasteiger partial charge in [-0.2, -0.15) is 0 Å². The smallest absolute Gasteiger partial charge is 0.288 e. The number of nitrogens with two attached hydrogens (primary N) is 1. The van der Waals surface area contributed by atoms with Crippen molar-refractivity contribution < 1.29 is 4.79 Å². The van der Waals surface area contributed by atoms with Crippen molar-refractivity contribution in [2.24, 2.45) is 5.84 Å². The Kier molecular flexibility index (Phi) is 3.99. The van der Waals surface area contributed by atoms with E-state index in [2.05, 4.69) is 33.8 Å². The molecule has 114 valence electrons. The van der Waals surface area contributed by atoms with Crippen molar-refractivity contribution in [3.05, 3.63) is 47.8 Å². The fourth-order valence-electron chi connectivity index (χ4n) is 2.53. The third-order valence-corrected chi connectivity index (χ3v) is 3.73. The summed E-state index contributed by atoms with van der Waals surface area (Å²) in [5.41, 5.74) is 5.03. The van der Waals surface area contributed by atoms with Crippen molar-refractivity contribution >= 4 is 11.5 Å². The van der Waals surface area contributed by atoms with Gasteiger partial charge in [-0.05, 0) is 31.2 Å². The number of aromatic nitrogens is 3. The van der Waals surface area contributed by atoms with Crippen LogP contribution in [-0.2, 0) is 0 Å². The van der Waals surface area contributed by atoms with Crippen molar-refractivity contribution in [2.75, 3.05) is 20.1 Å². The first-order valence-corrected chi connectivity index (χ1v) is 7.10. The van der Waals surface area contributed by atoms with Crippen LogP contribution < -0.4 is 11.3 Å². The number of para-hydroxylation sites is 1. The number of nitrogen functional groups attached to an aromatic ring is 1. The van der Waals surface area contributed by atoms with Gasteiger partial charge < -0.3 is 4.90 Å². The first-order valence-electron chi connectivity index (χ1n) is 7.10. The average Bonchev–Trinajstić information content (AvgIpc) is 3.00. The zero-order valence-corrected chi connectivity index (χ0v) is 12.4. The van der Waals surface area contributed by atoms with Crippen LogP contribution in [0.2, 0.25) is 0 Å². The molecule has 0 atom stereocenters. The summed E-state index contributed by atoms with van der Waals surface area (Å²) >= 11 is 0. The van der Waals surface area contributed by atoms with Gasteiger partial charge in [0.25, 0.3) is 5.91 Å². The van der Waals surface area contributed by atoms with Gasteiger partial charge in [-0.25, -0.2) is 10.5 Å². The molecule has 1 aromatic heterocycles. The second kappa shape index (κ2) is 6.08. The number of hydrogen-bond donors (Lipinski definition) is 2. The Morgan fingerprint density at radius 1 is 1.32 bits per heavy atom. The van der Waals surface area contributed by atoms with E-state index in [-0.39, 0.29) is 5.69 Å². The van der Waals surface area contributed by atoms with Gasteiger partial charge in [0.05, 0.1) is 5.69 Å². The Bertz CT molecular complexity index is 706. The molecule has 3 rings (SSSR count). The Labute approximate surface area is 128 Å². The third-order valence-electron chi connectivity index (χ3n) is 3.73. The zero-order valence-electron chi connectivity index (χ0n) is 12.4. The van der Waals surface area contributed by atoms with Gasteiger partial charge in [-0.3, -0.25) is 10.2 Å². The molecule has 2 heterocycles. The lowest BCUT2D eigenvalue weighted by Crippen LogP contribution is -2.31. The molecule has 0 spiro atoms. The summed E-state index contributed by atoms with van der Waals surface area (Å²) in [6, 6.07) is 9.64. The molecule has 22 heavy (non-hydrogen) atoms. The maximum absolute atomic E-state index is 12.0. The van der Waals surface area contributed by atoms with Gasteiger partial charge in [-0.1, -0.05) is 29.5 Å². The van der Waals surface area contributed by atoms with E-state index in [1.165, 1.54) is 0 Å². The number of nitrogens with one attached hydrogen (secondary N) is 1. The fourth-order valence-corrected chi connectivity index (χ4v) is 2.53. The minimum Gasteiger partial charge on any atom is -0.302 e. The van der Waals surface area contributed by atoms with Gasteiger partial charge >= 0.3 is 0 Å². The summed E-state index contributed by atoms with van der Waals surface area (Å²) in [4.78, 5) is 14.2. The maximum Gasteiger partial charge on any atom is 0.288 e. The summed E-state index contributed by atoms with van der Waals surface area (Å²) in [5, 5.41) is 8.17. The number of nitrogens with zero attached hydrogens (tertiary/aromatic N) is 4. The highest BCUT2D eigenvalue weighted by Crippen LogP contribution is 2.26. The number of likely N-dealkylation sites (N-methyl/N-ethyl adjacent to an activating group) is 1. The lowest BCUT2D eigenvalue weighted by molar-refractivity contribution is 0.0948. The summed E-state index contributed by atoms with van der Waals surface area (Å²) in [7, 11) is 2.06. The Balaban J connectivity index is 2.12. The molecule has 0 aliphatic carbocycles. The van der Waals surface area contributed by atoms with Crippen LogP contribution in [0.5, 0.6) is 0 Å². The predicted octanol–water partition coefficient (Wildman–Crippen LogP) is 0.590. The van der Waals surface area contributed by atoms with Crippen LogP contribution in [0, 0.1) is 0 Å². The highest BCUT2D eigenvalue weighted by atomic mass is 16.2. The molecule has 2 aromatic rings. The van der Waals surface area contributed by atoms with Crippen LogP contribution >= 0.6 is 0 Å². The predicted molar refractivity (Wildman–Crippen MR) is 83.1 cm³/mol. The molecule has 0 saturated carbocycles. The number of carbonyl (C=O) groups excluding carboxylic acids is 1. The van der Waals surface area contributed by atoms with Crippen LogP contribution in [0.3, 0.4) is 0 Å². The second-order valence-electron chi connectivity index (χ2n) is 5.25. The quantitative estimate of drug-likeness (QED) is 0.492. The number of hydrogen-bond acceptors (Lipinski definition) is 5. The van der Waals surface area contributed by atoms with Gasteiger partial charge in [-0.15, -0.1) is 5.10 Å². The van der Waals surface area contributed by atoms with E-state index in [4.69, 9.17) is 5.84 Å². The van der Waals surface area contributed by atoms with Gasteiger partial charge in [0.15, 0.2) is 5.69 Å². The molecule has 0 fully saturated rings. The maximum atomic E-state index is 12.0. The summed E-state index contributed by atoms with van der Waals surface area (Å²) in [6.45, 7) is 1.76. The largest absolute Gasteiger partial charge is 0.302 e.